The van der Waals surface area contributed by atoms with Crippen molar-refractivity contribution < 1.29 is 19.1 Å². The molecule has 39 heavy (non-hydrogen) atoms. The van der Waals surface area contributed by atoms with Gasteiger partial charge >= 0.3 is 5.97 Å². The Morgan fingerprint density at radius 1 is 0.846 bits per heavy atom. The van der Waals surface area contributed by atoms with E-state index in [4.69, 9.17) is 4.74 Å². The molecular weight excluding hydrogens is 508 g/mol. The second kappa shape index (κ2) is 13.8. The first-order valence-electron chi connectivity index (χ1n) is 12.5. The van der Waals surface area contributed by atoms with Gasteiger partial charge in [0.05, 0.1) is 6.61 Å². The van der Waals surface area contributed by atoms with Crippen LogP contribution in [0.25, 0.3) is 16.8 Å². The molecule has 0 spiro atoms. The van der Waals surface area contributed by atoms with Gasteiger partial charge in [0.25, 0.3) is 11.8 Å². The third-order valence-electron chi connectivity index (χ3n) is 5.65. The molecule has 2 amide bonds. The van der Waals surface area contributed by atoms with Gasteiger partial charge in [0.15, 0.2) is 0 Å². The third-order valence-corrected chi connectivity index (χ3v) is 6.62. The highest BCUT2D eigenvalue weighted by Gasteiger charge is 2.16. The van der Waals surface area contributed by atoms with Gasteiger partial charge in [0, 0.05) is 28.0 Å². The molecule has 7 heteroatoms. The molecule has 0 atom stereocenters. The maximum absolute atomic E-state index is 13.4. The van der Waals surface area contributed by atoms with E-state index in [0.29, 0.717) is 23.6 Å². The van der Waals surface area contributed by atoms with Crippen LogP contribution in [-0.2, 0) is 14.3 Å². The van der Waals surface area contributed by atoms with Gasteiger partial charge in [0.2, 0.25) is 0 Å². The van der Waals surface area contributed by atoms with Gasteiger partial charge in [-0.15, -0.1) is 11.8 Å². The topological polar surface area (TPSA) is 84.5 Å². The zero-order valence-electron chi connectivity index (χ0n) is 21.4. The number of hydrogen-bond acceptors (Lipinski definition) is 5. The van der Waals surface area contributed by atoms with E-state index < -0.39 is 5.91 Å². The third kappa shape index (κ3) is 7.93. The quantitative estimate of drug-likeness (QED) is 0.138. The average molecular weight is 537 g/mol. The number of anilines is 1. The molecule has 0 aliphatic heterocycles. The fraction of sp³-hybridized carbons (Fsp3) is 0.0938. The highest BCUT2D eigenvalue weighted by Crippen LogP contribution is 2.23. The van der Waals surface area contributed by atoms with Crippen LogP contribution in [0.3, 0.4) is 0 Å². The highest BCUT2D eigenvalue weighted by atomic mass is 32.2. The van der Waals surface area contributed by atoms with Gasteiger partial charge < -0.3 is 15.4 Å². The first-order chi connectivity index (χ1) is 19.0. The SMILES string of the molecule is CCOC(=O)/C=C/CSc1ccc(NC(=O)/C(=C/c2cccc3ccccc23)NC(=O)c2ccccc2)cc1. The van der Waals surface area contributed by atoms with Crippen molar-refractivity contribution in [2.24, 2.45) is 0 Å². The molecule has 0 aliphatic rings. The van der Waals surface area contributed by atoms with Gasteiger partial charge in [-0.05, 0) is 65.7 Å². The van der Waals surface area contributed by atoms with E-state index in [1.807, 2.05) is 60.7 Å². The van der Waals surface area contributed by atoms with Crippen molar-refractivity contribution in [2.75, 3.05) is 17.7 Å². The number of thioether (sulfide) groups is 1. The van der Waals surface area contributed by atoms with E-state index in [1.54, 1.807) is 67.2 Å². The largest absolute Gasteiger partial charge is 0.463 e. The van der Waals surface area contributed by atoms with Crippen molar-refractivity contribution in [3.63, 3.8) is 0 Å². The van der Waals surface area contributed by atoms with Crippen molar-refractivity contribution in [2.45, 2.75) is 11.8 Å². The summed E-state index contributed by atoms with van der Waals surface area (Å²) in [6, 6.07) is 29.8. The number of fused-ring (bicyclic) bond motifs is 1. The van der Waals surface area contributed by atoms with Gasteiger partial charge in [-0.3, -0.25) is 9.59 Å². The smallest absolute Gasteiger partial charge is 0.330 e. The lowest BCUT2D eigenvalue weighted by atomic mass is 10.0. The second-order valence-electron chi connectivity index (χ2n) is 8.39. The molecule has 2 N–H and O–H groups in total. The first kappa shape index (κ1) is 27.4. The van der Waals surface area contributed by atoms with Crippen LogP contribution in [-0.4, -0.2) is 30.1 Å². The molecule has 196 valence electrons. The minimum Gasteiger partial charge on any atom is -0.463 e. The van der Waals surface area contributed by atoms with Crippen molar-refractivity contribution in [3.8, 4) is 0 Å². The van der Waals surface area contributed by atoms with Crippen LogP contribution >= 0.6 is 11.8 Å². The number of rotatable bonds is 10. The zero-order valence-corrected chi connectivity index (χ0v) is 22.2. The maximum Gasteiger partial charge on any atom is 0.330 e. The van der Waals surface area contributed by atoms with Crippen LogP contribution < -0.4 is 10.6 Å². The van der Waals surface area contributed by atoms with Crippen LogP contribution in [0.15, 0.2) is 120 Å². The molecular formula is C32H28N2O4S. The van der Waals surface area contributed by atoms with E-state index in [2.05, 4.69) is 10.6 Å². The molecule has 0 saturated carbocycles. The van der Waals surface area contributed by atoms with E-state index in [-0.39, 0.29) is 17.6 Å². The molecule has 0 aliphatic carbocycles. The number of amides is 2. The van der Waals surface area contributed by atoms with Crippen LogP contribution in [0.5, 0.6) is 0 Å². The van der Waals surface area contributed by atoms with Crippen LogP contribution in [0, 0.1) is 0 Å². The van der Waals surface area contributed by atoms with Crippen molar-refractivity contribution in [1.82, 2.24) is 5.32 Å². The van der Waals surface area contributed by atoms with Crippen molar-refractivity contribution >= 4 is 52.1 Å². The summed E-state index contributed by atoms with van der Waals surface area (Å²) in [5, 5.41) is 7.68. The lowest BCUT2D eigenvalue weighted by molar-refractivity contribution is -0.137. The fourth-order valence-electron chi connectivity index (χ4n) is 3.79. The molecule has 4 rings (SSSR count). The van der Waals surface area contributed by atoms with Crippen molar-refractivity contribution in [3.05, 3.63) is 126 Å². The summed E-state index contributed by atoms with van der Waals surface area (Å²) in [6.07, 6.45) is 4.86. The first-order valence-corrected chi connectivity index (χ1v) is 13.5. The Hall–Kier alpha value is -4.62. The monoisotopic (exact) mass is 536 g/mol. The Balaban J connectivity index is 1.51. The van der Waals surface area contributed by atoms with E-state index >= 15 is 0 Å². The molecule has 6 nitrogen and oxygen atoms in total. The Morgan fingerprint density at radius 3 is 2.33 bits per heavy atom. The molecule has 4 aromatic rings. The predicted molar refractivity (Wildman–Crippen MR) is 157 cm³/mol. The van der Waals surface area contributed by atoms with Crippen LogP contribution in [0.1, 0.15) is 22.8 Å². The van der Waals surface area contributed by atoms with E-state index in [1.165, 1.54) is 6.08 Å². The fourth-order valence-corrected chi connectivity index (χ4v) is 4.50. The molecule has 0 aromatic heterocycles. The molecule has 0 unspecified atom stereocenters. The normalized spacial score (nSPS) is 11.4. The average Bonchev–Trinajstić information content (AvgIpc) is 2.96. The van der Waals surface area contributed by atoms with E-state index in [0.717, 1.165) is 21.2 Å². The van der Waals surface area contributed by atoms with Gasteiger partial charge in [-0.25, -0.2) is 4.79 Å². The summed E-state index contributed by atoms with van der Waals surface area (Å²) in [4.78, 5) is 38.7. The second-order valence-corrected chi connectivity index (χ2v) is 9.48. The summed E-state index contributed by atoms with van der Waals surface area (Å²) < 4.78 is 4.87. The Labute approximate surface area is 231 Å². The van der Waals surface area contributed by atoms with Gasteiger partial charge in [0.1, 0.15) is 5.70 Å². The number of benzene rings is 4. The number of carbonyl (C=O) groups excluding carboxylic acids is 3. The predicted octanol–water partition coefficient (Wildman–Crippen LogP) is 6.46. The standard InChI is InChI=1S/C32H28N2O4S/c1-2-38-30(35)16-9-21-39-27-19-17-26(18-20-27)33-32(37)29(34-31(36)24-11-4-3-5-12-24)22-25-14-8-13-23-10-6-7-15-28(23)25/h3-20,22H,2,21H2,1H3,(H,33,37)(H,34,36)/b16-9+,29-22-. The molecule has 0 bridgehead atoms. The lowest BCUT2D eigenvalue weighted by Gasteiger charge is -2.12. The number of nitrogens with one attached hydrogen (secondary N) is 2. The zero-order chi connectivity index (χ0) is 27.5. The maximum atomic E-state index is 13.4. The summed E-state index contributed by atoms with van der Waals surface area (Å²) in [7, 11) is 0. The summed E-state index contributed by atoms with van der Waals surface area (Å²) in [5.74, 6) is -0.568. The number of esters is 1. The molecule has 0 heterocycles. The molecule has 0 saturated heterocycles. The van der Waals surface area contributed by atoms with Crippen LogP contribution in [0.2, 0.25) is 0 Å². The Morgan fingerprint density at radius 2 is 1.56 bits per heavy atom. The molecule has 4 aromatic carbocycles. The summed E-state index contributed by atoms with van der Waals surface area (Å²) >= 11 is 1.55. The Kier molecular flexibility index (Phi) is 9.69. The molecule has 0 fully saturated rings. The summed E-state index contributed by atoms with van der Waals surface area (Å²) in [6.45, 7) is 2.11. The lowest BCUT2D eigenvalue weighted by Crippen LogP contribution is -2.30. The minimum atomic E-state index is -0.440. The minimum absolute atomic E-state index is 0.128. The van der Waals surface area contributed by atoms with E-state index in [9.17, 15) is 14.4 Å². The highest BCUT2D eigenvalue weighted by molar-refractivity contribution is 7.99. The van der Waals surface area contributed by atoms with Gasteiger partial charge in [-0.1, -0.05) is 66.7 Å². The number of hydrogen-bond donors (Lipinski definition) is 2. The number of ether oxygens (including phenoxy) is 1. The van der Waals surface area contributed by atoms with Crippen molar-refractivity contribution in [1.29, 1.82) is 0 Å². The summed E-state index contributed by atoms with van der Waals surface area (Å²) in [5.41, 5.74) is 1.98. The van der Waals surface area contributed by atoms with Crippen LogP contribution in [0.4, 0.5) is 5.69 Å². The Bertz CT molecular complexity index is 1510. The molecule has 0 radical (unpaired) electrons. The number of carbonyl (C=O) groups is 3. The van der Waals surface area contributed by atoms with Gasteiger partial charge in [-0.2, -0.15) is 0 Å².